The van der Waals surface area contributed by atoms with Crippen molar-refractivity contribution in [1.29, 1.82) is 0 Å². The van der Waals surface area contributed by atoms with E-state index in [1.165, 1.54) is 11.3 Å². The SMILES string of the molecule is CC=Nc1nc(-c2cc3ccccc3oc2=O)cs1. The summed E-state index contributed by atoms with van der Waals surface area (Å²) in [6, 6.07) is 9.21. The van der Waals surface area contributed by atoms with Crippen molar-refractivity contribution in [3.63, 3.8) is 0 Å². The molecule has 0 amide bonds. The van der Waals surface area contributed by atoms with E-state index >= 15 is 0 Å². The first kappa shape index (κ1) is 11.8. The molecule has 5 heteroatoms. The highest BCUT2D eigenvalue weighted by Crippen LogP contribution is 2.26. The monoisotopic (exact) mass is 270 g/mol. The van der Waals surface area contributed by atoms with Gasteiger partial charge in [0.2, 0.25) is 5.13 Å². The second kappa shape index (κ2) is 4.78. The lowest BCUT2D eigenvalue weighted by molar-refractivity contribution is 0.563. The first-order valence-electron chi connectivity index (χ1n) is 5.75. The molecule has 0 radical (unpaired) electrons. The summed E-state index contributed by atoms with van der Waals surface area (Å²) in [6.07, 6.45) is 1.67. The zero-order chi connectivity index (χ0) is 13.2. The van der Waals surface area contributed by atoms with Gasteiger partial charge in [-0.05, 0) is 19.1 Å². The van der Waals surface area contributed by atoms with Gasteiger partial charge in [-0.25, -0.2) is 14.8 Å². The van der Waals surface area contributed by atoms with Gasteiger partial charge < -0.3 is 4.42 Å². The summed E-state index contributed by atoms with van der Waals surface area (Å²) < 4.78 is 5.29. The summed E-state index contributed by atoms with van der Waals surface area (Å²) in [6.45, 7) is 1.82. The summed E-state index contributed by atoms with van der Waals surface area (Å²) in [4.78, 5) is 20.4. The lowest BCUT2D eigenvalue weighted by Gasteiger charge is -1.98. The van der Waals surface area contributed by atoms with Crippen molar-refractivity contribution in [1.82, 2.24) is 4.98 Å². The van der Waals surface area contributed by atoms with Gasteiger partial charge in [0.05, 0.1) is 11.3 Å². The standard InChI is InChI=1S/C14H10N2O2S/c1-2-15-14-16-11(8-19-14)10-7-9-5-3-4-6-12(9)18-13(10)17/h2-8H,1H3. The number of aromatic nitrogens is 1. The van der Waals surface area contributed by atoms with Crippen LogP contribution in [0.5, 0.6) is 0 Å². The lowest BCUT2D eigenvalue weighted by atomic mass is 10.1. The minimum Gasteiger partial charge on any atom is -0.422 e. The molecule has 1 aromatic carbocycles. The minimum atomic E-state index is -0.379. The first-order valence-corrected chi connectivity index (χ1v) is 6.63. The van der Waals surface area contributed by atoms with Crippen LogP contribution in [0.2, 0.25) is 0 Å². The fraction of sp³-hybridized carbons (Fsp3) is 0.0714. The topological polar surface area (TPSA) is 55.5 Å². The fourth-order valence-corrected chi connectivity index (χ4v) is 2.51. The molecular formula is C14H10N2O2S. The van der Waals surface area contributed by atoms with Crippen molar-refractivity contribution >= 4 is 33.7 Å². The average molecular weight is 270 g/mol. The summed E-state index contributed by atoms with van der Waals surface area (Å²) in [7, 11) is 0. The molecule has 0 unspecified atom stereocenters. The molecule has 2 heterocycles. The molecule has 0 fully saturated rings. The van der Waals surface area contributed by atoms with Gasteiger partial charge in [0.25, 0.3) is 0 Å². The molecule has 0 saturated heterocycles. The van der Waals surface area contributed by atoms with E-state index in [0.29, 0.717) is 22.0 Å². The Kier molecular flexibility index (Phi) is 2.97. The number of benzene rings is 1. The number of hydrogen-bond donors (Lipinski definition) is 0. The number of thiazole rings is 1. The maximum atomic E-state index is 12.0. The second-order valence-electron chi connectivity index (χ2n) is 3.89. The van der Waals surface area contributed by atoms with Gasteiger partial charge in [-0.1, -0.05) is 18.2 Å². The molecule has 3 rings (SSSR count). The van der Waals surface area contributed by atoms with Crippen LogP contribution in [-0.2, 0) is 0 Å². The maximum Gasteiger partial charge on any atom is 0.345 e. The molecular weight excluding hydrogens is 260 g/mol. The Morgan fingerprint density at radius 3 is 3.05 bits per heavy atom. The molecule has 4 nitrogen and oxygen atoms in total. The number of nitrogens with zero attached hydrogens (tertiary/aromatic N) is 2. The number of hydrogen-bond acceptors (Lipinski definition) is 5. The third-order valence-electron chi connectivity index (χ3n) is 2.65. The highest BCUT2D eigenvalue weighted by atomic mass is 32.1. The van der Waals surface area contributed by atoms with Crippen LogP contribution in [0.4, 0.5) is 5.13 Å². The van der Waals surface area contributed by atoms with Crippen LogP contribution in [0.15, 0.2) is 49.9 Å². The van der Waals surface area contributed by atoms with Crippen LogP contribution in [0.25, 0.3) is 22.2 Å². The van der Waals surface area contributed by atoms with Gasteiger partial charge in [-0.15, -0.1) is 11.3 Å². The van der Waals surface area contributed by atoms with Crippen LogP contribution in [0, 0.1) is 0 Å². The van der Waals surface area contributed by atoms with Crippen LogP contribution in [-0.4, -0.2) is 11.2 Å². The third-order valence-corrected chi connectivity index (χ3v) is 3.40. The Hall–Kier alpha value is -2.27. The van der Waals surface area contributed by atoms with Crippen molar-refractivity contribution < 1.29 is 4.42 Å². The van der Waals surface area contributed by atoms with Crippen LogP contribution in [0.1, 0.15) is 6.92 Å². The molecule has 19 heavy (non-hydrogen) atoms. The average Bonchev–Trinajstić information content (AvgIpc) is 2.87. The second-order valence-corrected chi connectivity index (χ2v) is 4.72. The number of fused-ring (bicyclic) bond motifs is 1. The van der Waals surface area contributed by atoms with E-state index in [4.69, 9.17) is 4.42 Å². The van der Waals surface area contributed by atoms with E-state index in [1.807, 2.05) is 30.5 Å². The summed E-state index contributed by atoms with van der Waals surface area (Å²) >= 11 is 1.39. The predicted molar refractivity (Wildman–Crippen MR) is 77.4 cm³/mol. The molecule has 0 aliphatic carbocycles. The Bertz CT molecular complexity index is 817. The van der Waals surface area contributed by atoms with Gasteiger partial charge in [-0.3, -0.25) is 0 Å². The van der Waals surface area contributed by atoms with E-state index in [9.17, 15) is 4.79 Å². The van der Waals surface area contributed by atoms with Gasteiger partial charge in [0, 0.05) is 17.0 Å². The third kappa shape index (κ3) is 2.20. The normalized spacial score (nSPS) is 11.4. The lowest BCUT2D eigenvalue weighted by Crippen LogP contribution is -2.02. The van der Waals surface area contributed by atoms with E-state index < -0.39 is 0 Å². The molecule has 0 atom stereocenters. The highest BCUT2D eigenvalue weighted by molar-refractivity contribution is 7.13. The summed E-state index contributed by atoms with van der Waals surface area (Å²) in [5.74, 6) is 0. The van der Waals surface area contributed by atoms with Crippen molar-refractivity contribution in [2.75, 3.05) is 0 Å². The molecule has 2 aromatic heterocycles. The van der Waals surface area contributed by atoms with Gasteiger partial charge in [0.15, 0.2) is 0 Å². The number of para-hydroxylation sites is 1. The largest absolute Gasteiger partial charge is 0.422 e. The maximum absolute atomic E-state index is 12.0. The molecule has 0 spiro atoms. The summed E-state index contributed by atoms with van der Waals surface area (Å²) in [5.41, 5.74) is 1.27. The van der Waals surface area contributed by atoms with Crippen LogP contribution in [0.3, 0.4) is 0 Å². The van der Waals surface area contributed by atoms with E-state index in [1.54, 1.807) is 18.3 Å². The molecule has 3 aromatic rings. The van der Waals surface area contributed by atoms with Gasteiger partial charge in [-0.2, -0.15) is 0 Å². The fourth-order valence-electron chi connectivity index (χ4n) is 1.80. The molecule has 0 N–H and O–H groups in total. The highest BCUT2D eigenvalue weighted by Gasteiger charge is 2.10. The first-order chi connectivity index (χ1) is 9.28. The molecule has 0 bridgehead atoms. The summed E-state index contributed by atoms with van der Waals surface area (Å²) in [5, 5.41) is 3.32. The van der Waals surface area contributed by atoms with E-state index in [-0.39, 0.29) is 5.63 Å². The van der Waals surface area contributed by atoms with Crippen LogP contribution < -0.4 is 5.63 Å². The molecule has 0 aliphatic rings. The quantitative estimate of drug-likeness (QED) is 0.527. The number of rotatable bonds is 2. The van der Waals surface area contributed by atoms with Crippen LogP contribution >= 0.6 is 11.3 Å². The Labute approximate surface area is 113 Å². The molecule has 0 aliphatic heterocycles. The predicted octanol–water partition coefficient (Wildman–Crippen LogP) is 3.64. The smallest absolute Gasteiger partial charge is 0.345 e. The van der Waals surface area contributed by atoms with Crippen molar-refractivity contribution in [3.8, 4) is 11.3 Å². The Morgan fingerprint density at radius 1 is 1.37 bits per heavy atom. The van der Waals surface area contributed by atoms with Crippen molar-refractivity contribution in [2.45, 2.75) is 6.92 Å². The zero-order valence-electron chi connectivity index (χ0n) is 10.2. The Balaban J connectivity index is 2.18. The molecule has 94 valence electrons. The number of aliphatic imine (C=N–C) groups is 1. The van der Waals surface area contributed by atoms with E-state index in [0.717, 1.165) is 5.39 Å². The van der Waals surface area contributed by atoms with Crippen molar-refractivity contribution in [2.24, 2.45) is 4.99 Å². The van der Waals surface area contributed by atoms with Crippen molar-refractivity contribution in [3.05, 3.63) is 46.1 Å². The van der Waals surface area contributed by atoms with Gasteiger partial charge in [0.1, 0.15) is 5.58 Å². The molecule has 0 saturated carbocycles. The van der Waals surface area contributed by atoms with Gasteiger partial charge >= 0.3 is 5.63 Å². The minimum absolute atomic E-state index is 0.379. The Morgan fingerprint density at radius 2 is 2.21 bits per heavy atom. The van der Waals surface area contributed by atoms with E-state index in [2.05, 4.69) is 9.98 Å². The zero-order valence-corrected chi connectivity index (χ0v) is 11.0.